The van der Waals surface area contributed by atoms with Crippen LogP contribution in [0.5, 0.6) is 0 Å². The minimum Gasteiger partial charge on any atom is -0.329 e. The first-order valence-electron chi connectivity index (χ1n) is 6.92. The number of likely N-dealkylation sites (tertiary alicyclic amines) is 1. The largest absolute Gasteiger partial charge is 0.329 e. The van der Waals surface area contributed by atoms with Crippen molar-refractivity contribution in [2.45, 2.75) is 31.8 Å². The molecule has 1 saturated heterocycles. The maximum absolute atomic E-state index is 5.98. The highest BCUT2D eigenvalue weighted by Crippen LogP contribution is 2.26. The molecule has 0 aromatic carbocycles. The first-order chi connectivity index (χ1) is 8.76. The molecule has 0 bridgehead atoms. The van der Waals surface area contributed by atoms with E-state index in [0.29, 0.717) is 18.6 Å². The Labute approximate surface area is 115 Å². The van der Waals surface area contributed by atoms with Crippen LogP contribution in [0.2, 0.25) is 0 Å². The van der Waals surface area contributed by atoms with E-state index >= 15 is 0 Å². The van der Waals surface area contributed by atoms with Crippen LogP contribution in [0.15, 0.2) is 16.8 Å². The topological polar surface area (TPSA) is 32.5 Å². The van der Waals surface area contributed by atoms with Crippen LogP contribution in [-0.4, -0.2) is 49.1 Å². The summed E-state index contributed by atoms with van der Waals surface area (Å²) in [5.74, 6) is 0. The average molecular weight is 267 g/mol. The lowest BCUT2D eigenvalue weighted by molar-refractivity contribution is 0.101. The molecule has 1 atom stereocenters. The summed E-state index contributed by atoms with van der Waals surface area (Å²) in [7, 11) is 2.24. The monoisotopic (exact) mass is 267 g/mol. The van der Waals surface area contributed by atoms with Crippen molar-refractivity contribution in [1.29, 1.82) is 0 Å². The highest BCUT2D eigenvalue weighted by atomic mass is 32.1. The zero-order chi connectivity index (χ0) is 13.0. The summed E-state index contributed by atoms with van der Waals surface area (Å²) in [6, 6.07) is 3.27. The molecule has 0 saturated carbocycles. The predicted octanol–water partition coefficient (Wildman–Crippen LogP) is 2.16. The molecule has 2 N–H and O–H groups in total. The maximum Gasteiger partial charge on any atom is 0.0478 e. The number of likely N-dealkylation sites (N-methyl/N-ethyl adjacent to an activating group) is 1. The lowest BCUT2D eigenvalue weighted by Gasteiger charge is -2.39. The Morgan fingerprint density at radius 3 is 2.72 bits per heavy atom. The second kappa shape index (κ2) is 6.66. The molecule has 3 nitrogen and oxygen atoms in total. The molecule has 2 heterocycles. The molecular formula is C14H25N3S. The van der Waals surface area contributed by atoms with Gasteiger partial charge in [0.2, 0.25) is 0 Å². The molecule has 18 heavy (non-hydrogen) atoms. The highest BCUT2D eigenvalue weighted by molar-refractivity contribution is 7.07. The molecular weight excluding hydrogens is 242 g/mol. The number of nitrogens with two attached hydrogens (primary N) is 1. The predicted molar refractivity (Wildman–Crippen MR) is 79.0 cm³/mol. The third-order valence-electron chi connectivity index (χ3n) is 4.22. The summed E-state index contributed by atoms with van der Waals surface area (Å²) in [5.41, 5.74) is 7.36. The number of hydrogen-bond donors (Lipinski definition) is 1. The van der Waals surface area contributed by atoms with Crippen LogP contribution in [0.25, 0.3) is 0 Å². The minimum absolute atomic E-state index is 0.384. The van der Waals surface area contributed by atoms with Gasteiger partial charge in [-0.15, -0.1) is 0 Å². The Hall–Kier alpha value is -0.420. The molecule has 102 valence electrons. The van der Waals surface area contributed by atoms with Crippen LogP contribution in [0.4, 0.5) is 0 Å². The van der Waals surface area contributed by atoms with E-state index in [1.807, 2.05) is 0 Å². The van der Waals surface area contributed by atoms with E-state index in [1.165, 1.54) is 38.0 Å². The van der Waals surface area contributed by atoms with Crippen molar-refractivity contribution in [3.05, 3.63) is 22.4 Å². The fraction of sp³-hybridized carbons (Fsp3) is 0.714. The van der Waals surface area contributed by atoms with Crippen LogP contribution in [0, 0.1) is 0 Å². The number of nitrogens with zero attached hydrogens (tertiary/aromatic N) is 2. The van der Waals surface area contributed by atoms with E-state index in [0.717, 1.165) is 0 Å². The van der Waals surface area contributed by atoms with E-state index in [9.17, 15) is 0 Å². The van der Waals surface area contributed by atoms with E-state index in [4.69, 9.17) is 5.73 Å². The van der Waals surface area contributed by atoms with Crippen LogP contribution < -0.4 is 5.73 Å². The maximum atomic E-state index is 5.98. The Balaban J connectivity index is 1.96. The van der Waals surface area contributed by atoms with Crippen molar-refractivity contribution >= 4 is 11.3 Å². The fourth-order valence-electron chi connectivity index (χ4n) is 2.90. The summed E-state index contributed by atoms with van der Waals surface area (Å²) in [4.78, 5) is 5.03. The van der Waals surface area contributed by atoms with Crippen LogP contribution in [-0.2, 0) is 0 Å². The van der Waals surface area contributed by atoms with Gasteiger partial charge in [0.15, 0.2) is 0 Å². The lowest BCUT2D eigenvalue weighted by Crippen LogP contribution is -2.45. The van der Waals surface area contributed by atoms with E-state index in [-0.39, 0.29) is 0 Å². The van der Waals surface area contributed by atoms with Gasteiger partial charge in [-0.3, -0.25) is 4.90 Å². The van der Waals surface area contributed by atoms with Gasteiger partial charge in [-0.2, -0.15) is 11.3 Å². The van der Waals surface area contributed by atoms with Crippen molar-refractivity contribution in [3.8, 4) is 0 Å². The fourth-order valence-corrected chi connectivity index (χ4v) is 3.61. The molecule has 0 spiro atoms. The SMILES string of the molecule is CCN1CCC(N(C)C(CN)c2ccsc2)CC1. The van der Waals surface area contributed by atoms with Gasteiger partial charge in [0.05, 0.1) is 0 Å². The zero-order valence-electron chi connectivity index (χ0n) is 11.5. The van der Waals surface area contributed by atoms with Crippen molar-refractivity contribution < 1.29 is 0 Å². The van der Waals surface area contributed by atoms with Gasteiger partial charge in [0, 0.05) is 18.6 Å². The Morgan fingerprint density at radius 1 is 1.50 bits per heavy atom. The number of rotatable bonds is 5. The summed E-state index contributed by atoms with van der Waals surface area (Å²) < 4.78 is 0. The van der Waals surface area contributed by atoms with Crippen molar-refractivity contribution in [2.24, 2.45) is 5.73 Å². The molecule has 1 fully saturated rings. The van der Waals surface area contributed by atoms with Crippen molar-refractivity contribution in [2.75, 3.05) is 33.2 Å². The van der Waals surface area contributed by atoms with Crippen molar-refractivity contribution in [3.63, 3.8) is 0 Å². The summed E-state index contributed by atoms with van der Waals surface area (Å²) >= 11 is 1.76. The second-order valence-corrected chi connectivity index (χ2v) is 5.92. The molecule has 0 aliphatic carbocycles. The molecule has 1 unspecified atom stereocenters. The lowest BCUT2D eigenvalue weighted by atomic mass is 10.00. The zero-order valence-corrected chi connectivity index (χ0v) is 12.3. The Morgan fingerprint density at radius 2 is 2.22 bits per heavy atom. The minimum atomic E-state index is 0.384. The molecule has 1 aromatic heterocycles. The smallest absolute Gasteiger partial charge is 0.0478 e. The van der Waals surface area contributed by atoms with Gasteiger partial charge in [-0.25, -0.2) is 0 Å². The normalized spacial score (nSPS) is 20.4. The molecule has 4 heteroatoms. The average Bonchev–Trinajstić information content (AvgIpc) is 2.93. The van der Waals surface area contributed by atoms with Crippen molar-refractivity contribution in [1.82, 2.24) is 9.80 Å². The third kappa shape index (κ3) is 3.12. The van der Waals surface area contributed by atoms with Gasteiger partial charge in [-0.1, -0.05) is 6.92 Å². The van der Waals surface area contributed by atoms with Gasteiger partial charge in [0.1, 0.15) is 0 Å². The Bertz CT molecular complexity index is 331. The molecule has 1 aliphatic heterocycles. The first-order valence-corrected chi connectivity index (χ1v) is 7.87. The Kier molecular flexibility index (Phi) is 5.18. The molecule has 1 aliphatic rings. The molecule has 0 amide bonds. The van der Waals surface area contributed by atoms with E-state index < -0.39 is 0 Å². The van der Waals surface area contributed by atoms with E-state index in [2.05, 4.69) is 40.6 Å². The molecule has 1 aromatic rings. The number of thiophene rings is 1. The molecule has 2 rings (SSSR count). The van der Waals surface area contributed by atoms with Gasteiger partial charge in [-0.05, 0) is 61.9 Å². The third-order valence-corrected chi connectivity index (χ3v) is 4.92. The van der Waals surface area contributed by atoms with Crippen LogP contribution in [0.3, 0.4) is 0 Å². The van der Waals surface area contributed by atoms with Gasteiger partial charge < -0.3 is 10.6 Å². The summed E-state index contributed by atoms with van der Waals surface area (Å²) in [6.45, 7) is 6.60. The number of hydrogen-bond acceptors (Lipinski definition) is 4. The van der Waals surface area contributed by atoms with Crippen LogP contribution >= 0.6 is 11.3 Å². The van der Waals surface area contributed by atoms with Gasteiger partial charge in [0.25, 0.3) is 0 Å². The summed E-state index contributed by atoms with van der Waals surface area (Å²) in [5, 5.41) is 4.38. The quantitative estimate of drug-likeness (QED) is 0.887. The first kappa shape index (κ1) is 14.0. The summed E-state index contributed by atoms with van der Waals surface area (Å²) in [6.07, 6.45) is 2.54. The van der Waals surface area contributed by atoms with Gasteiger partial charge >= 0.3 is 0 Å². The molecule has 0 radical (unpaired) electrons. The second-order valence-electron chi connectivity index (χ2n) is 5.14. The van der Waals surface area contributed by atoms with E-state index in [1.54, 1.807) is 11.3 Å². The number of piperidine rings is 1. The standard InChI is InChI=1S/C14H25N3S/c1-3-17-7-4-13(5-8-17)16(2)14(10-15)12-6-9-18-11-12/h6,9,11,13-14H,3-5,7-8,10,15H2,1-2H3. The van der Waals surface area contributed by atoms with Crippen LogP contribution in [0.1, 0.15) is 31.4 Å². The highest BCUT2D eigenvalue weighted by Gasteiger charge is 2.26.